The van der Waals surface area contributed by atoms with E-state index in [4.69, 9.17) is 9.47 Å². The van der Waals surface area contributed by atoms with Crippen LogP contribution in [0.25, 0.3) is 0 Å². The maximum absolute atomic E-state index is 10.2. The zero-order chi connectivity index (χ0) is 26.1. The van der Waals surface area contributed by atoms with E-state index < -0.39 is 0 Å². The molecule has 0 saturated carbocycles. The highest BCUT2D eigenvalue weighted by atomic mass is 32.2. The third kappa shape index (κ3) is 6.44. The molecule has 1 heterocycles. The topological polar surface area (TPSA) is 75.8 Å². The molecule has 0 aliphatic carbocycles. The molecule has 0 aromatic heterocycles. The van der Waals surface area contributed by atoms with Gasteiger partial charge in [-0.05, 0) is 46.7 Å². The number of nitrogens with zero attached hydrogens (tertiary/aromatic N) is 5. The predicted octanol–water partition coefficient (Wildman–Crippen LogP) is 5.49. The van der Waals surface area contributed by atoms with E-state index in [-0.39, 0.29) is 11.1 Å². The first kappa shape index (κ1) is 27.7. The van der Waals surface area contributed by atoms with E-state index in [0.29, 0.717) is 37.8 Å². The number of hydrogen-bond acceptors (Lipinski definition) is 8. The molecule has 192 valence electrons. The van der Waals surface area contributed by atoms with E-state index >= 15 is 0 Å². The van der Waals surface area contributed by atoms with Gasteiger partial charge in [0.2, 0.25) is 0 Å². The quantitative estimate of drug-likeness (QED) is 0.329. The van der Waals surface area contributed by atoms with Crippen LogP contribution in [0.4, 0.5) is 11.4 Å². The molecule has 3 rings (SSSR count). The zero-order valence-corrected chi connectivity index (χ0v) is 23.0. The van der Waals surface area contributed by atoms with Crippen molar-refractivity contribution in [3.63, 3.8) is 0 Å². The number of para-hydroxylation sites is 1. The maximum atomic E-state index is 10.2. The van der Waals surface area contributed by atoms with Crippen molar-refractivity contribution in [3.8, 4) is 23.6 Å². The van der Waals surface area contributed by atoms with Crippen molar-refractivity contribution >= 4 is 23.1 Å². The van der Waals surface area contributed by atoms with Crippen LogP contribution in [0.2, 0.25) is 0 Å². The van der Waals surface area contributed by atoms with E-state index in [1.54, 1.807) is 11.8 Å². The number of hydrogen-bond donors (Lipinski definition) is 0. The maximum Gasteiger partial charge on any atom is 0.163 e. The second-order valence-corrected chi connectivity index (χ2v) is 10.4. The largest absolute Gasteiger partial charge is 0.490 e. The van der Waals surface area contributed by atoms with Gasteiger partial charge in [-0.15, -0.1) is 0 Å². The van der Waals surface area contributed by atoms with Crippen molar-refractivity contribution in [1.29, 1.82) is 10.5 Å². The first-order valence-corrected chi connectivity index (χ1v) is 13.4. The fraction of sp³-hybridized carbons (Fsp3) is 0.500. The normalized spacial score (nSPS) is 12.2. The Bertz CT molecular complexity index is 1120. The van der Waals surface area contributed by atoms with Gasteiger partial charge in [-0.25, -0.2) is 0 Å². The molecule has 1 aliphatic rings. The lowest BCUT2D eigenvalue weighted by Crippen LogP contribution is -2.26. The average Bonchev–Trinajstić information content (AvgIpc) is 2.86. The SMILES string of the molecule is CCCCCCN1c2ccccc2Sc2c(OCCN(C)C)c(C#N)c(C#N)c(OCCN(C)C)c21. The van der Waals surface area contributed by atoms with Crippen molar-refractivity contribution in [3.05, 3.63) is 35.4 Å². The van der Waals surface area contributed by atoms with E-state index in [1.807, 2.05) is 50.1 Å². The highest BCUT2D eigenvalue weighted by Crippen LogP contribution is 2.57. The van der Waals surface area contributed by atoms with Gasteiger partial charge in [0.15, 0.2) is 11.5 Å². The summed E-state index contributed by atoms with van der Waals surface area (Å²) >= 11 is 1.59. The summed E-state index contributed by atoms with van der Waals surface area (Å²) in [6, 6.07) is 12.8. The summed E-state index contributed by atoms with van der Waals surface area (Å²) in [5.74, 6) is 0.951. The highest BCUT2D eigenvalue weighted by Gasteiger charge is 2.34. The van der Waals surface area contributed by atoms with E-state index in [0.717, 1.165) is 47.0 Å². The van der Waals surface area contributed by atoms with Crippen molar-refractivity contribution in [2.45, 2.75) is 42.4 Å². The minimum absolute atomic E-state index is 0.243. The molecule has 0 fully saturated rings. The van der Waals surface area contributed by atoms with Gasteiger partial charge in [-0.2, -0.15) is 10.5 Å². The van der Waals surface area contributed by atoms with Crippen LogP contribution in [-0.2, 0) is 0 Å². The molecule has 2 aromatic rings. The molecular weight excluding hydrogens is 470 g/mol. The predicted molar refractivity (Wildman–Crippen MR) is 146 cm³/mol. The summed E-state index contributed by atoms with van der Waals surface area (Å²) in [5.41, 5.74) is 2.42. The lowest BCUT2D eigenvalue weighted by Gasteiger charge is -2.36. The summed E-state index contributed by atoms with van der Waals surface area (Å²) < 4.78 is 12.6. The number of likely N-dealkylation sites (N-methyl/N-ethyl adjacent to an activating group) is 2. The van der Waals surface area contributed by atoms with E-state index in [9.17, 15) is 10.5 Å². The van der Waals surface area contributed by atoms with Gasteiger partial charge in [0.1, 0.15) is 42.2 Å². The van der Waals surface area contributed by atoms with Crippen molar-refractivity contribution in [1.82, 2.24) is 9.80 Å². The lowest BCUT2D eigenvalue weighted by molar-refractivity contribution is 0.251. The molecule has 0 radical (unpaired) electrons. The van der Waals surface area contributed by atoms with Gasteiger partial charge >= 0.3 is 0 Å². The van der Waals surface area contributed by atoms with Crippen molar-refractivity contribution in [2.24, 2.45) is 0 Å². The minimum atomic E-state index is 0.243. The second-order valence-electron chi connectivity index (χ2n) is 9.40. The Labute approximate surface area is 220 Å². The Kier molecular flexibility index (Phi) is 10.3. The highest BCUT2D eigenvalue weighted by molar-refractivity contribution is 7.99. The molecule has 36 heavy (non-hydrogen) atoms. The van der Waals surface area contributed by atoms with Crippen LogP contribution in [0.3, 0.4) is 0 Å². The molecule has 0 N–H and O–H groups in total. The van der Waals surface area contributed by atoms with Gasteiger partial charge < -0.3 is 24.2 Å². The molecule has 2 aromatic carbocycles. The number of rotatable bonds is 13. The molecule has 7 nitrogen and oxygen atoms in total. The number of anilines is 2. The average molecular weight is 508 g/mol. The summed E-state index contributed by atoms with van der Waals surface area (Å²) in [4.78, 5) is 8.28. The minimum Gasteiger partial charge on any atom is -0.490 e. The van der Waals surface area contributed by atoms with Gasteiger partial charge in [0, 0.05) is 24.5 Å². The third-order valence-corrected chi connectivity index (χ3v) is 7.16. The van der Waals surface area contributed by atoms with E-state index in [2.05, 4.69) is 36.1 Å². The first-order valence-electron chi connectivity index (χ1n) is 12.6. The first-order chi connectivity index (χ1) is 17.4. The summed E-state index contributed by atoms with van der Waals surface area (Å²) in [7, 11) is 7.93. The Morgan fingerprint density at radius 3 is 2.08 bits per heavy atom. The van der Waals surface area contributed by atoms with Crippen molar-refractivity contribution < 1.29 is 9.47 Å². The lowest BCUT2D eigenvalue weighted by atomic mass is 10.0. The van der Waals surface area contributed by atoms with Crippen LogP contribution in [0.15, 0.2) is 34.1 Å². The number of fused-ring (bicyclic) bond motifs is 2. The second kappa shape index (κ2) is 13.4. The molecule has 0 atom stereocenters. The van der Waals surface area contributed by atoms with Gasteiger partial charge in [0.05, 0.1) is 10.6 Å². The Morgan fingerprint density at radius 2 is 1.47 bits per heavy atom. The van der Waals surface area contributed by atoms with Crippen LogP contribution >= 0.6 is 11.8 Å². The van der Waals surface area contributed by atoms with E-state index in [1.165, 1.54) is 6.42 Å². The van der Waals surface area contributed by atoms with Crippen LogP contribution < -0.4 is 14.4 Å². The van der Waals surface area contributed by atoms with Gasteiger partial charge in [-0.1, -0.05) is 50.1 Å². The van der Waals surface area contributed by atoms with Gasteiger partial charge in [0.25, 0.3) is 0 Å². The fourth-order valence-corrected chi connectivity index (χ4v) is 5.29. The number of unbranched alkanes of at least 4 members (excludes halogenated alkanes) is 3. The smallest absolute Gasteiger partial charge is 0.163 e. The zero-order valence-electron chi connectivity index (χ0n) is 22.1. The standard InChI is InChI=1S/C28H37N5O2S/c1-6-7-8-11-14-33-23-12-9-10-13-24(23)36-28-25(33)26(34-17-15-31(2)3)21(19-29)22(20-30)27(28)35-18-16-32(4)5/h9-10,12-13H,6-8,11,14-18H2,1-5H3. The fourth-order valence-electron chi connectivity index (χ4n) is 4.09. The molecule has 8 heteroatoms. The Morgan fingerprint density at radius 1 is 0.861 bits per heavy atom. The molecule has 0 spiro atoms. The third-order valence-electron chi connectivity index (χ3n) is 6.01. The number of ether oxygens (including phenoxy) is 2. The van der Waals surface area contributed by atoms with Crippen LogP contribution in [-0.4, -0.2) is 70.8 Å². The van der Waals surface area contributed by atoms with Crippen LogP contribution in [0, 0.1) is 22.7 Å². The summed E-state index contributed by atoms with van der Waals surface area (Å²) in [6.45, 7) is 5.23. The Balaban J connectivity index is 2.20. The van der Waals surface area contributed by atoms with Crippen LogP contribution in [0.1, 0.15) is 43.7 Å². The van der Waals surface area contributed by atoms with Crippen LogP contribution in [0.5, 0.6) is 11.5 Å². The molecule has 1 aliphatic heterocycles. The van der Waals surface area contributed by atoms with Crippen molar-refractivity contribution in [2.75, 3.05) is 65.9 Å². The van der Waals surface area contributed by atoms with Gasteiger partial charge in [-0.3, -0.25) is 0 Å². The molecular formula is C28H37N5O2S. The number of benzene rings is 2. The number of nitriles is 2. The molecule has 0 amide bonds. The monoisotopic (exact) mass is 507 g/mol. The molecule has 0 bridgehead atoms. The summed E-state index contributed by atoms with van der Waals surface area (Å²) in [6.07, 6.45) is 4.49. The Hall–Kier alpha value is -2.91. The summed E-state index contributed by atoms with van der Waals surface area (Å²) in [5, 5.41) is 20.4. The molecule has 0 saturated heterocycles. The molecule has 0 unspecified atom stereocenters.